The van der Waals surface area contributed by atoms with E-state index < -0.39 is 23.1 Å². The van der Waals surface area contributed by atoms with Gasteiger partial charge in [0.1, 0.15) is 5.60 Å². The van der Waals surface area contributed by atoms with Gasteiger partial charge >= 0.3 is 17.5 Å². The van der Waals surface area contributed by atoms with Crippen LogP contribution in [0.4, 0.5) is 14.4 Å². The quantitative estimate of drug-likeness (QED) is 0.497. The van der Waals surface area contributed by atoms with Crippen molar-refractivity contribution >= 4 is 29.1 Å². The molecule has 1 saturated heterocycles. The van der Waals surface area contributed by atoms with Gasteiger partial charge in [-0.25, -0.2) is 19.4 Å². The predicted molar refractivity (Wildman–Crippen MR) is 60.9 cm³/mol. The van der Waals surface area contributed by atoms with Gasteiger partial charge in [-0.1, -0.05) is 0 Å². The van der Waals surface area contributed by atoms with Crippen molar-refractivity contribution in [1.29, 1.82) is 0 Å². The lowest BCUT2D eigenvalue weighted by molar-refractivity contribution is 0.0265. The summed E-state index contributed by atoms with van der Waals surface area (Å²) in [6.07, 6.45) is -0.270. The maximum atomic E-state index is 11.7. The lowest BCUT2D eigenvalue weighted by Crippen LogP contribution is -2.53. The van der Waals surface area contributed by atoms with E-state index in [-0.39, 0.29) is 13.1 Å². The number of halogens is 1. The molecular weight excluding hydrogens is 248 g/mol. The Labute approximate surface area is 104 Å². The van der Waals surface area contributed by atoms with E-state index in [2.05, 4.69) is 0 Å². The average Bonchev–Trinajstić information content (AvgIpc) is 2.14. The van der Waals surface area contributed by atoms with Gasteiger partial charge in [-0.15, -0.1) is 0 Å². The number of amides is 4. The molecule has 0 aliphatic carbocycles. The molecule has 0 saturated carbocycles. The monoisotopic (exact) mass is 262 g/mol. The molecule has 0 spiro atoms. The summed E-state index contributed by atoms with van der Waals surface area (Å²) in [5.74, 6) is 0. The zero-order valence-corrected chi connectivity index (χ0v) is 10.8. The van der Waals surface area contributed by atoms with Gasteiger partial charge in [0.25, 0.3) is 0 Å². The van der Waals surface area contributed by atoms with Crippen LogP contribution in [0.25, 0.3) is 0 Å². The number of ether oxygens (including phenoxy) is 1. The summed E-state index contributed by atoms with van der Waals surface area (Å²) in [6.45, 7) is 5.55. The van der Waals surface area contributed by atoms with E-state index in [0.29, 0.717) is 6.42 Å². The van der Waals surface area contributed by atoms with Crippen molar-refractivity contribution in [3.63, 3.8) is 0 Å². The lowest BCUT2D eigenvalue weighted by atomic mass is 10.2. The fourth-order valence-corrected chi connectivity index (χ4v) is 1.53. The molecule has 0 aromatic rings. The number of carbonyl (C=O) groups is 3. The number of hydrogen-bond acceptors (Lipinski definition) is 4. The molecule has 1 aliphatic rings. The van der Waals surface area contributed by atoms with Crippen molar-refractivity contribution in [3.8, 4) is 0 Å². The molecule has 7 heteroatoms. The van der Waals surface area contributed by atoms with Gasteiger partial charge in [-0.2, -0.15) is 0 Å². The second-order valence-corrected chi connectivity index (χ2v) is 5.00. The summed E-state index contributed by atoms with van der Waals surface area (Å²) in [4.78, 5) is 36.1. The van der Waals surface area contributed by atoms with Gasteiger partial charge in [-0.3, -0.25) is 4.79 Å². The third kappa shape index (κ3) is 3.59. The Kier molecular flexibility index (Phi) is 3.98. The topological polar surface area (TPSA) is 66.9 Å². The predicted octanol–water partition coefficient (Wildman–Crippen LogP) is 2.41. The minimum Gasteiger partial charge on any atom is -0.443 e. The van der Waals surface area contributed by atoms with E-state index >= 15 is 0 Å². The molecule has 1 heterocycles. The second-order valence-electron chi connectivity index (χ2n) is 4.67. The molecule has 0 radical (unpaired) electrons. The fourth-order valence-electron chi connectivity index (χ4n) is 1.37. The van der Waals surface area contributed by atoms with E-state index in [1.54, 1.807) is 20.8 Å². The molecule has 1 aliphatic heterocycles. The first kappa shape index (κ1) is 13.8. The first-order chi connectivity index (χ1) is 7.72. The Bertz CT molecular complexity index is 351. The third-order valence-electron chi connectivity index (χ3n) is 2.05. The maximum absolute atomic E-state index is 11.7. The van der Waals surface area contributed by atoms with Crippen molar-refractivity contribution in [2.75, 3.05) is 13.1 Å². The molecular formula is C10H15ClN2O4. The van der Waals surface area contributed by atoms with Crippen molar-refractivity contribution < 1.29 is 19.1 Å². The summed E-state index contributed by atoms with van der Waals surface area (Å²) in [7, 11) is 0. The first-order valence-electron chi connectivity index (χ1n) is 5.24. The van der Waals surface area contributed by atoms with E-state index in [9.17, 15) is 14.4 Å². The van der Waals surface area contributed by atoms with Crippen LogP contribution in [-0.2, 0) is 4.74 Å². The largest absolute Gasteiger partial charge is 0.443 e. The van der Waals surface area contributed by atoms with Crippen LogP contribution in [0.15, 0.2) is 0 Å². The molecule has 1 fully saturated rings. The molecule has 1 rings (SSSR count). The standard InChI is InChI=1S/C10H15ClN2O4/c1-10(2,3)17-9(16)13-6-4-5-12(7(11)14)8(13)15/h4-6H2,1-3H3. The highest BCUT2D eigenvalue weighted by Gasteiger charge is 2.35. The number of carbonyl (C=O) groups excluding carboxylic acids is 3. The Balaban J connectivity index is 2.74. The molecule has 0 bridgehead atoms. The van der Waals surface area contributed by atoms with Crippen LogP contribution >= 0.6 is 11.6 Å². The van der Waals surface area contributed by atoms with Crippen LogP contribution in [-0.4, -0.2) is 46.0 Å². The lowest BCUT2D eigenvalue weighted by Gasteiger charge is -2.32. The van der Waals surface area contributed by atoms with Crippen LogP contribution in [0.3, 0.4) is 0 Å². The number of hydrogen-bond donors (Lipinski definition) is 0. The van der Waals surface area contributed by atoms with Gasteiger partial charge < -0.3 is 4.74 Å². The SMILES string of the molecule is CC(C)(C)OC(=O)N1CCCN(C(=O)Cl)C1=O. The molecule has 0 N–H and O–H groups in total. The van der Waals surface area contributed by atoms with Gasteiger partial charge in [0.2, 0.25) is 0 Å². The summed E-state index contributed by atoms with van der Waals surface area (Å²) >= 11 is 5.24. The summed E-state index contributed by atoms with van der Waals surface area (Å²) in [5.41, 5.74) is -0.690. The van der Waals surface area contributed by atoms with E-state index in [0.717, 1.165) is 9.80 Å². The minimum absolute atomic E-state index is 0.223. The van der Waals surface area contributed by atoms with Crippen molar-refractivity contribution in [3.05, 3.63) is 0 Å². The smallest absolute Gasteiger partial charge is 0.418 e. The highest BCUT2D eigenvalue weighted by atomic mass is 35.5. The number of nitrogens with zero attached hydrogens (tertiary/aromatic N) is 2. The Morgan fingerprint density at radius 3 is 2.24 bits per heavy atom. The minimum atomic E-state index is -0.886. The Morgan fingerprint density at radius 2 is 1.76 bits per heavy atom. The molecule has 96 valence electrons. The zero-order valence-electron chi connectivity index (χ0n) is 10.0. The van der Waals surface area contributed by atoms with Crippen LogP contribution in [0, 0.1) is 0 Å². The highest BCUT2D eigenvalue weighted by molar-refractivity contribution is 6.64. The van der Waals surface area contributed by atoms with Gasteiger partial charge in [0.15, 0.2) is 0 Å². The van der Waals surface area contributed by atoms with Gasteiger partial charge in [0.05, 0.1) is 0 Å². The summed E-state index contributed by atoms with van der Waals surface area (Å²) < 4.78 is 5.06. The van der Waals surface area contributed by atoms with E-state index in [1.807, 2.05) is 0 Å². The molecule has 17 heavy (non-hydrogen) atoms. The van der Waals surface area contributed by atoms with Crippen molar-refractivity contribution in [1.82, 2.24) is 9.80 Å². The maximum Gasteiger partial charge on any atom is 0.418 e. The molecule has 0 aromatic heterocycles. The first-order valence-corrected chi connectivity index (χ1v) is 5.61. The second kappa shape index (κ2) is 4.91. The third-order valence-corrected chi connectivity index (χ3v) is 2.26. The molecule has 6 nitrogen and oxygen atoms in total. The normalized spacial score (nSPS) is 17.1. The van der Waals surface area contributed by atoms with Crippen molar-refractivity contribution in [2.45, 2.75) is 32.8 Å². The van der Waals surface area contributed by atoms with E-state index in [4.69, 9.17) is 16.3 Å². The molecule has 0 aromatic carbocycles. The molecule has 0 atom stereocenters. The molecule has 0 unspecified atom stereocenters. The van der Waals surface area contributed by atoms with Crippen LogP contribution < -0.4 is 0 Å². The fraction of sp³-hybridized carbons (Fsp3) is 0.700. The van der Waals surface area contributed by atoms with Crippen molar-refractivity contribution in [2.24, 2.45) is 0 Å². The van der Waals surface area contributed by atoms with E-state index in [1.165, 1.54) is 0 Å². The van der Waals surface area contributed by atoms with Gasteiger partial charge in [-0.05, 0) is 38.8 Å². The summed E-state index contributed by atoms with van der Waals surface area (Å²) in [5, 5.41) is -0.886. The zero-order chi connectivity index (χ0) is 13.2. The highest BCUT2D eigenvalue weighted by Crippen LogP contribution is 2.16. The Hall–Kier alpha value is -1.30. The number of rotatable bonds is 0. The molecule has 4 amide bonds. The van der Waals surface area contributed by atoms with Crippen LogP contribution in [0.5, 0.6) is 0 Å². The van der Waals surface area contributed by atoms with Crippen LogP contribution in [0.1, 0.15) is 27.2 Å². The number of imide groups is 2. The average molecular weight is 263 g/mol. The van der Waals surface area contributed by atoms with Gasteiger partial charge in [0, 0.05) is 13.1 Å². The number of urea groups is 1. The Morgan fingerprint density at radius 1 is 1.24 bits per heavy atom. The van der Waals surface area contributed by atoms with Crippen LogP contribution in [0.2, 0.25) is 0 Å². The summed E-state index contributed by atoms with van der Waals surface area (Å²) in [6, 6.07) is -0.731.